The van der Waals surface area contributed by atoms with Gasteiger partial charge in [0, 0.05) is 31.5 Å². The van der Waals surface area contributed by atoms with Gasteiger partial charge in [0.1, 0.15) is 12.1 Å². The molecule has 12 heteroatoms. The normalized spacial score (nSPS) is 17.0. The van der Waals surface area contributed by atoms with Crippen molar-refractivity contribution in [2.75, 3.05) is 25.6 Å². The number of fused-ring (bicyclic) bond motifs is 2. The van der Waals surface area contributed by atoms with Crippen LogP contribution in [0.25, 0.3) is 22.6 Å². The van der Waals surface area contributed by atoms with E-state index in [4.69, 9.17) is 24.6 Å². The summed E-state index contributed by atoms with van der Waals surface area (Å²) < 4.78 is 19.2. The zero-order chi connectivity index (χ0) is 25.5. The number of carbonyl (C=O) groups is 1. The number of amides is 1. The van der Waals surface area contributed by atoms with Gasteiger partial charge in [0.2, 0.25) is 18.6 Å². The minimum absolute atomic E-state index is 0.131. The van der Waals surface area contributed by atoms with Gasteiger partial charge in [-0.1, -0.05) is 11.8 Å². The molecule has 1 aromatic carbocycles. The molecule has 1 atom stereocenters. The van der Waals surface area contributed by atoms with Crippen LogP contribution in [0.2, 0.25) is 0 Å². The van der Waals surface area contributed by atoms with Crippen molar-refractivity contribution in [3.63, 3.8) is 0 Å². The molecular formula is C25H27N7O4S. The standard InChI is InChI=1S/C25H27N7O4S/c1-14-10-27-24(36-14)17-8-18-19(35-13-34-18)9-20(17)37-25-30-21-22(26)28-12-29-23(21)32(25)7-5-16-4-3-6-31(11-16)15(2)33/h8-10,12,16H,3-7,11,13H2,1-2H3,(H2,26,28,29). The van der Waals surface area contributed by atoms with Gasteiger partial charge in [0.25, 0.3) is 0 Å². The van der Waals surface area contributed by atoms with Crippen LogP contribution in [0.1, 0.15) is 31.9 Å². The summed E-state index contributed by atoms with van der Waals surface area (Å²) in [5.41, 5.74) is 8.21. The van der Waals surface area contributed by atoms with Crippen molar-refractivity contribution in [2.24, 2.45) is 5.92 Å². The van der Waals surface area contributed by atoms with Gasteiger partial charge in [-0.05, 0) is 44.2 Å². The zero-order valence-electron chi connectivity index (χ0n) is 20.6. The molecule has 2 aliphatic heterocycles. The highest BCUT2D eigenvalue weighted by Crippen LogP contribution is 2.45. The quantitative estimate of drug-likeness (QED) is 0.398. The maximum atomic E-state index is 11.9. The highest BCUT2D eigenvalue weighted by atomic mass is 32.2. The Morgan fingerprint density at radius 3 is 2.84 bits per heavy atom. The zero-order valence-corrected chi connectivity index (χ0v) is 21.5. The molecule has 37 heavy (non-hydrogen) atoms. The fraction of sp³-hybridized carbons (Fsp3) is 0.400. The number of anilines is 1. The predicted octanol–water partition coefficient (Wildman–Crippen LogP) is 3.90. The molecule has 4 aromatic rings. The third kappa shape index (κ3) is 4.57. The first-order chi connectivity index (χ1) is 18.0. The fourth-order valence-electron chi connectivity index (χ4n) is 4.86. The molecule has 3 aromatic heterocycles. The van der Waals surface area contributed by atoms with Crippen LogP contribution in [0.5, 0.6) is 11.5 Å². The Hall–Kier alpha value is -3.80. The summed E-state index contributed by atoms with van der Waals surface area (Å²) in [4.78, 5) is 32.6. The number of oxazole rings is 1. The number of piperidine rings is 1. The summed E-state index contributed by atoms with van der Waals surface area (Å²) in [5, 5.41) is 0.727. The molecule has 1 unspecified atom stereocenters. The van der Waals surface area contributed by atoms with Gasteiger partial charge < -0.3 is 29.1 Å². The van der Waals surface area contributed by atoms with E-state index in [2.05, 4.69) is 19.5 Å². The Balaban J connectivity index is 1.36. The van der Waals surface area contributed by atoms with Gasteiger partial charge in [0.15, 0.2) is 33.6 Å². The van der Waals surface area contributed by atoms with E-state index in [0.717, 1.165) is 48.0 Å². The number of nitrogen functional groups attached to an aromatic ring is 1. The van der Waals surface area contributed by atoms with Crippen LogP contribution in [-0.2, 0) is 11.3 Å². The number of aryl methyl sites for hydroxylation is 2. The number of carbonyl (C=O) groups excluding carboxylic acids is 1. The van der Waals surface area contributed by atoms with Crippen LogP contribution in [-0.4, -0.2) is 55.2 Å². The van der Waals surface area contributed by atoms with Gasteiger partial charge in [0.05, 0.1) is 11.8 Å². The van der Waals surface area contributed by atoms with Crippen molar-refractivity contribution < 1.29 is 18.7 Å². The molecule has 6 rings (SSSR count). The molecule has 2 N–H and O–H groups in total. The lowest BCUT2D eigenvalue weighted by atomic mass is 9.95. The smallest absolute Gasteiger partial charge is 0.231 e. The van der Waals surface area contributed by atoms with Crippen molar-refractivity contribution in [3.05, 3.63) is 30.4 Å². The Morgan fingerprint density at radius 2 is 2.05 bits per heavy atom. The molecule has 2 aliphatic rings. The monoisotopic (exact) mass is 521 g/mol. The Bertz CT molecular complexity index is 1480. The second kappa shape index (κ2) is 9.58. The third-order valence-corrected chi connectivity index (χ3v) is 7.83. The van der Waals surface area contributed by atoms with E-state index < -0.39 is 0 Å². The van der Waals surface area contributed by atoms with Crippen LogP contribution in [0.4, 0.5) is 5.82 Å². The summed E-state index contributed by atoms with van der Waals surface area (Å²) in [6, 6.07) is 3.81. The summed E-state index contributed by atoms with van der Waals surface area (Å²) in [5.74, 6) is 3.38. The Labute approximate surface area is 217 Å². The van der Waals surface area contributed by atoms with Crippen molar-refractivity contribution in [1.29, 1.82) is 0 Å². The molecule has 5 heterocycles. The Morgan fingerprint density at radius 1 is 1.22 bits per heavy atom. The summed E-state index contributed by atoms with van der Waals surface area (Å²) in [6.45, 7) is 5.95. The summed E-state index contributed by atoms with van der Waals surface area (Å²) >= 11 is 1.47. The molecule has 0 radical (unpaired) electrons. The molecule has 0 bridgehead atoms. The number of hydrogen-bond acceptors (Lipinski definition) is 10. The van der Waals surface area contributed by atoms with Crippen LogP contribution in [0.15, 0.2) is 39.1 Å². The first-order valence-electron chi connectivity index (χ1n) is 12.2. The number of likely N-dealkylation sites (tertiary alicyclic amines) is 1. The lowest BCUT2D eigenvalue weighted by Gasteiger charge is -2.32. The van der Waals surface area contributed by atoms with Crippen molar-refractivity contribution in [3.8, 4) is 23.0 Å². The van der Waals surface area contributed by atoms with Crippen molar-refractivity contribution in [1.82, 2.24) is 29.4 Å². The molecule has 1 amide bonds. The highest BCUT2D eigenvalue weighted by molar-refractivity contribution is 7.99. The van der Waals surface area contributed by atoms with E-state index >= 15 is 0 Å². The van der Waals surface area contributed by atoms with Gasteiger partial charge in [-0.15, -0.1) is 0 Å². The van der Waals surface area contributed by atoms with Crippen LogP contribution >= 0.6 is 11.8 Å². The van der Waals surface area contributed by atoms with Crippen molar-refractivity contribution >= 4 is 34.7 Å². The molecule has 1 fully saturated rings. The summed E-state index contributed by atoms with van der Waals surface area (Å²) in [6.07, 6.45) is 6.14. The first kappa shape index (κ1) is 23.6. The molecule has 11 nitrogen and oxygen atoms in total. The van der Waals surface area contributed by atoms with Gasteiger partial charge in [-0.25, -0.2) is 19.9 Å². The number of aromatic nitrogens is 5. The highest BCUT2D eigenvalue weighted by Gasteiger charge is 2.26. The van der Waals surface area contributed by atoms with E-state index in [-0.39, 0.29) is 12.7 Å². The number of rotatable bonds is 6. The van der Waals surface area contributed by atoms with Crippen LogP contribution < -0.4 is 15.2 Å². The number of benzene rings is 1. The maximum Gasteiger partial charge on any atom is 0.231 e. The lowest BCUT2D eigenvalue weighted by Crippen LogP contribution is -2.38. The van der Waals surface area contributed by atoms with Gasteiger partial charge in [-0.2, -0.15) is 0 Å². The molecule has 0 saturated carbocycles. The van der Waals surface area contributed by atoms with E-state index in [9.17, 15) is 4.79 Å². The van der Waals surface area contributed by atoms with Gasteiger partial charge >= 0.3 is 0 Å². The third-order valence-electron chi connectivity index (χ3n) is 6.78. The van der Waals surface area contributed by atoms with E-state index in [1.54, 1.807) is 13.1 Å². The first-order valence-corrected chi connectivity index (χ1v) is 13.0. The Kier molecular flexibility index (Phi) is 6.11. The molecular weight excluding hydrogens is 494 g/mol. The number of imidazole rings is 1. The average Bonchev–Trinajstić information content (AvgIpc) is 3.61. The maximum absolute atomic E-state index is 11.9. The number of nitrogens with zero attached hydrogens (tertiary/aromatic N) is 6. The second-order valence-corrected chi connectivity index (χ2v) is 10.3. The average molecular weight is 522 g/mol. The summed E-state index contributed by atoms with van der Waals surface area (Å²) in [7, 11) is 0. The van der Waals surface area contributed by atoms with Crippen molar-refractivity contribution in [2.45, 2.75) is 49.7 Å². The largest absolute Gasteiger partial charge is 0.454 e. The molecule has 192 valence electrons. The van der Waals surface area contributed by atoms with E-state index in [1.165, 1.54) is 18.1 Å². The minimum atomic E-state index is 0.131. The van der Waals surface area contributed by atoms with Crippen LogP contribution in [0.3, 0.4) is 0 Å². The predicted molar refractivity (Wildman–Crippen MR) is 136 cm³/mol. The fourth-order valence-corrected chi connectivity index (χ4v) is 5.91. The number of nitrogens with two attached hydrogens (primary N) is 1. The second-order valence-electron chi connectivity index (χ2n) is 9.32. The molecule has 0 aliphatic carbocycles. The SMILES string of the molecule is CC(=O)N1CCCC(CCn2c(Sc3cc4c(cc3-c3ncc(C)o3)OCO4)nc3c(N)ncnc32)C1. The number of ether oxygens (including phenoxy) is 2. The van der Waals surface area contributed by atoms with E-state index in [0.29, 0.717) is 52.6 Å². The number of hydrogen-bond donors (Lipinski definition) is 1. The molecule has 0 spiro atoms. The van der Waals surface area contributed by atoms with Gasteiger partial charge in [-0.3, -0.25) is 4.79 Å². The van der Waals surface area contributed by atoms with Crippen LogP contribution in [0, 0.1) is 12.8 Å². The molecule has 1 saturated heterocycles. The van der Waals surface area contributed by atoms with E-state index in [1.807, 2.05) is 24.0 Å². The topological polar surface area (TPSA) is 134 Å². The lowest BCUT2D eigenvalue weighted by molar-refractivity contribution is -0.130. The minimum Gasteiger partial charge on any atom is -0.454 e.